The molecular formula is C17H28N4O5. The number of fused-ring (bicyclic) bond motifs is 1. The highest BCUT2D eigenvalue weighted by Gasteiger charge is 2.43. The van der Waals surface area contributed by atoms with Crippen LogP contribution >= 0.6 is 0 Å². The van der Waals surface area contributed by atoms with Crippen molar-refractivity contribution in [3.8, 4) is 0 Å². The number of methoxy groups -OCH3 is 1. The number of ether oxygens (including phenoxy) is 2. The molecule has 3 heterocycles. The summed E-state index contributed by atoms with van der Waals surface area (Å²) >= 11 is 0. The Labute approximate surface area is 153 Å². The zero-order valence-corrected chi connectivity index (χ0v) is 15.2. The van der Waals surface area contributed by atoms with Crippen LogP contribution in [0, 0.1) is 0 Å². The molecule has 146 valence electrons. The molecule has 3 amide bonds. The molecule has 3 saturated heterocycles. The molecule has 3 fully saturated rings. The van der Waals surface area contributed by atoms with Gasteiger partial charge < -0.3 is 25.0 Å². The third-order valence-electron chi connectivity index (χ3n) is 5.32. The normalized spacial score (nSPS) is 29.2. The summed E-state index contributed by atoms with van der Waals surface area (Å²) in [6.45, 7) is 3.70. The highest BCUT2D eigenvalue weighted by atomic mass is 16.5. The van der Waals surface area contributed by atoms with Crippen LogP contribution in [0.1, 0.15) is 19.3 Å². The van der Waals surface area contributed by atoms with Crippen LogP contribution < -0.4 is 10.6 Å². The summed E-state index contributed by atoms with van der Waals surface area (Å²) in [4.78, 5) is 40.3. The number of hydrogen-bond donors (Lipinski definition) is 2. The molecule has 0 spiro atoms. The number of carbonyl (C=O) groups is 3. The minimum absolute atomic E-state index is 0.00393. The standard InChI is InChI=1S/C17H28N4O5/c1-25-11-15(22)19-12-8-14-17(24)18-9-13(21(14)10-12)2-3-16(23)20-4-6-26-7-5-20/h12-14H,2-11H2,1H3,(H,18,24)(H,19,22). The Hall–Kier alpha value is -1.71. The van der Waals surface area contributed by atoms with Crippen molar-refractivity contribution in [2.45, 2.75) is 37.4 Å². The van der Waals surface area contributed by atoms with Gasteiger partial charge in [0.15, 0.2) is 0 Å². The van der Waals surface area contributed by atoms with Crippen molar-refractivity contribution in [3.63, 3.8) is 0 Å². The molecule has 3 rings (SSSR count). The van der Waals surface area contributed by atoms with E-state index >= 15 is 0 Å². The van der Waals surface area contributed by atoms with Crippen molar-refractivity contribution >= 4 is 17.7 Å². The van der Waals surface area contributed by atoms with Crippen LogP contribution in [0.25, 0.3) is 0 Å². The van der Waals surface area contributed by atoms with Gasteiger partial charge in [0.1, 0.15) is 6.61 Å². The van der Waals surface area contributed by atoms with Gasteiger partial charge in [-0.05, 0) is 12.8 Å². The number of carbonyl (C=O) groups excluding carboxylic acids is 3. The van der Waals surface area contributed by atoms with E-state index in [9.17, 15) is 14.4 Å². The molecule has 0 aliphatic carbocycles. The monoisotopic (exact) mass is 368 g/mol. The van der Waals surface area contributed by atoms with Gasteiger partial charge >= 0.3 is 0 Å². The highest BCUT2D eigenvalue weighted by molar-refractivity contribution is 5.84. The van der Waals surface area contributed by atoms with Crippen LogP contribution in [0.3, 0.4) is 0 Å². The van der Waals surface area contributed by atoms with Crippen molar-refractivity contribution in [3.05, 3.63) is 0 Å². The Morgan fingerprint density at radius 1 is 1.35 bits per heavy atom. The van der Waals surface area contributed by atoms with Crippen LogP contribution in [-0.4, -0.2) is 98.8 Å². The molecule has 0 aromatic carbocycles. The first-order valence-electron chi connectivity index (χ1n) is 9.25. The van der Waals surface area contributed by atoms with Crippen LogP contribution in [0.4, 0.5) is 0 Å². The minimum Gasteiger partial charge on any atom is -0.378 e. The summed E-state index contributed by atoms with van der Waals surface area (Å²) in [7, 11) is 1.48. The Morgan fingerprint density at radius 2 is 2.12 bits per heavy atom. The van der Waals surface area contributed by atoms with Crippen molar-refractivity contribution < 1.29 is 23.9 Å². The van der Waals surface area contributed by atoms with Crippen molar-refractivity contribution in [1.82, 2.24) is 20.4 Å². The average molecular weight is 368 g/mol. The smallest absolute Gasteiger partial charge is 0.246 e. The number of nitrogens with zero attached hydrogens (tertiary/aromatic N) is 2. The van der Waals surface area contributed by atoms with E-state index in [-0.39, 0.29) is 42.5 Å². The maximum atomic E-state index is 12.4. The summed E-state index contributed by atoms with van der Waals surface area (Å²) in [6.07, 6.45) is 1.76. The highest BCUT2D eigenvalue weighted by Crippen LogP contribution is 2.26. The Morgan fingerprint density at radius 3 is 2.85 bits per heavy atom. The second-order valence-corrected chi connectivity index (χ2v) is 7.08. The van der Waals surface area contributed by atoms with Crippen LogP contribution in [0.15, 0.2) is 0 Å². The Balaban J connectivity index is 1.52. The van der Waals surface area contributed by atoms with E-state index in [0.717, 1.165) is 0 Å². The van der Waals surface area contributed by atoms with Gasteiger partial charge in [0, 0.05) is 51.8 Å². The van der Waals surface area contributed by atoms with Crippen molar-refractivity contribution in [2.24, 2.45) is 0 Å². The zero-order valence-electron chi connectivity index (χ0n) is 15.2. The maximum Gasteiger partial charge on any atom is 0.246 e. The van der Waals surface area contributed by atoms with Gasteiger partial charge in [0.05, 0.1) is 19.3 Å². The van der Waals surface area contributed by atoms with Crippen molar-refractivity contribution in [2.75, 3.05) is 53.1 Å². The fraction of sp³-hybridized carbons (Fsp3) is 0.824. The summed E-state index contributed by atoms with van der Waals surface area (Å²) in [5.41, 5.74) is 0. The minimum atomic E-state index is -0.236. The lowest BCUT2D eigenvalue weighted by molar-refractivity contribution is -0.136. The molecule has 9 heteroatoms. The summed E-state index contributed by atoms with van der Waals surface area (Å²) in [5, 5.41) is 5.86. The third kappa shape index (κ3) is 4.52. The lowest BCUT2D eigenvalue weighted by Gasteiger charge is -2.37. The van der Waals surface area contributed by atoms with Crippen molar-refractivity contribution in [1.29, 1.82) is 0 Å². The summed E-state index contributed by atoms with van der Waals surface area (Å²) in [5.74, 6) is -0.0214. The number of piperazine rings is 1. The van der Waals surface area contributed by atoms with E-state index in [1.165, 1.54) is 7.11 Å². The van der Waals surface area contributed by atoms with E-state index in [1.807, 2.05) is 4.90 Å². The molecule has 0 aromatic rings. The van der Waals surface area contributed by atoms with Gasteiger partial charge in [-0.2, -0.15) is 0 Å². The van der Waals surface area contributed by atoms with Gasteiger partial charge in [0.25, 0.3) is 0 Å². The second kappa shape index (κ2) is 8.79. The SMILES string of the molecule is COCC(=O)NC1CC2C(=O)NCC(CCC(=O)N3CCOCC3)N2C1. The van der Waals surface area contributed by atoms with Gasteiger partial charge in [-0.3, -0.25) is 19.3 Å². The molecular weight excluding hydrogens is 340 g/mol. The molecule has 0 bridgehead atoms. The zero-order chi connectivity index (χ0) is 18.5. The molecule has 3 aliphatic heterocycles. The lowest BCUT2D eigenvalue weighted by atomic mass is 10.0. The fourth-order valence-electron chi connectivity index (χ4n) is 4.01. The maximum absolute atomic E-state index is 12.4. The van der Waals surface area contributed by atoms with E-state index < -0.39 is 0 Å². The molecule has 26 heavy (non-hydrogen) atoms. The van der Waals surface area contributed by atoms with E-state index in [2.05, 4.69) is 15.5 Å². The lowest BCUT2D eigenvalue weighted by Crippen LogP contribution is -2.58. The summed E-state index contributed by atoms with van der Waals surface area (Å²) < 4.78 is 10.1. The first kappa shape index (κ1) is 19.1. The van der Waals surface area contributed by atoms with Gasteiger partial charge in [-0.1, -0.05) is 0 Å². The quantitative estimate of drug-likeness (QED) is 0.582. The molecule has 0 saturated carbocycles. The number of amides is 3. The van der Waals surface area contributed by atoms with Crippen LogP contribution in [0.5, 0.6) is 0 Å². The first-order chi connectivity index (χ1) is 12.6. The molecule has 3 aliphatic rings. The number of morpholine rings is 1. The Bertz CT molecular complexity index is 537. The topological polar surface area (TPSA) is 100 Å². The summed E-state index contributed by atoms with van der Waals surface area (Å²) in [6, 6.07) is -0.184. The second-order valence-electron chi connectivity index (χ2n) is 7.08. The number of rotatable bonds is 6. The van der Waals surface area contributed by atoms with Crippen LogP contribution in [-0.2, 0) is 23.9 Å². The predicted octanol–water partition coefficient (Wildman–Crippen LogP) is -1.67. The van der Waals surface area contributed by atoms with E-state index in [4.69, 9.17) is 9.47 Å². The van der Waals surface area contributed by atoms with E-state index in [0.29, 0.717) is 58.7 Å². The fourth-order valence-corrected chi connectivity index (χ4v) is 4.01. The molecule has 0 radical (unpaired) electrons. The molecule has 3 unspecified atom stereocenters. The van der Waals surface area contributed by atoms with Crippen LogP contribution in [0.2, 0.25) is 0 Å². The molecule has 0 aromatic heterocycles. The van der Waals surface area contributed by atoms with Gasteiger partial charge in [0.2, 0.25) is 17.7 Å². The molecule has 9 nitrogen and oxygen atoms in total. The number of nitrogens with one attached hydrogen (secondary N) is 2. The largest absolute Gasteiger partial charge is 0.378 e. The number of hydrogen-bond acceptors (Lipinski definition) is 6. The third-order valence-corrected chi connectivity index (χ3v) is 5.32. The van der Waals surface area contributed by atoms with E-state index in [1.54, 1.807) is 0 Å². The first-order valence-corrected chi connectivity index (χ1v) is 9.25. The average Bonchev–Trinajstić information content (AvgIpc) is 3.06. The predicted molar refractivity (Wildman–Crippen MR) is 92.3 cm³/mol. The Kier molecular flexibility index (Phi) is 6.44. The molecule has 3 atom stereocenters. The van der Waals surface area contributed by atoms with Gasteiger partial charge in [-0.25, -0.2) is 0 Å². The van der Waals surface area contributed by atoms with Gasteiger partial charge in [-0.15, -0.1) is 0 Å². The molecule has 2 N–H and O–H groups in total.